The smallest absolute Gasteiger partial charge is 0.141 e. The Morgan fingerprint density at radius 2 is 2.18 bits per heavy atom. The minimum atomic E-state index is -0.0995. The van der Waals surface area contributed by atoms with Gasteiger partial charge in [0.15, 0.2) is 0 Å². The van der Waals surface area contributed by atoms with Gasteiger partial charge in [-0.2, -0.15) is 0 Å². The van der Waals surface area contributed by atoms with Crippen LogP contribution in [-0.4, -0.2) is 26.2 Å². The summed E-state index contributed by atoms with van der Waals surface area (Å²) in [5.41, 5.74) is 7.66. The molecule has 0 radical (unpaired) electrons. The topological polar surface area (TPSA) is 80.5 Å². The monoisotopic (exact) mass is 351 g/mol. The summed E-state index contributed by atoms with van der Waals surface area (Å²) in [5, 5.41) is 2.36. The summed E-state index contributed by atoms with van der Waals surface area (Å²) in [6.45, 7) is 1.99. The number of thioether (sulfide) groups is 1. The number of nitrogens with one attached hydrogen (secondary N) is 1. The number of fused-ring (bicyclic) bond motifs is 1. The summed E-state index contributed by atoms with van der Waals surface area (Å²) in [5.74, 6) is 0.904. The van der Waals surface area contributed by atoms with E-state index in [2.05, 4.69) is 32.6 Å². The minimum Gasteiger partial charge on any atom is -0.383 e. The maximum Gasteiger partial charge on any atom is 0.141 e. The molecule has 1 unspecified atom stereocenters. The van der Waals surface area contributed by atoms with E-state index in [1.807, 2.05) is 19.2 Å². The average Bonchev–Trinajstić information content (AvgIpc) is 2.90. The fourth-order valence-corrected chi connectivity index (χ4v) is 3.24. The van der Waals surface area contributed by atoms with E-state index in [4.69, 9.17) is 17.3 Å². The molecule has 0 bridgehead atoms. The van der Waals surface area contributed by atoms with Gasteiger partial charge in [-0.15, -0.1) is 24.4 Å². The van der Waals surface area contributed by atoms with Crippen LogP contribution in [0, 0.1) is 0 Å². The molecular formula is C14H14ClN5S2. The van der Waals surface area contributed by atoms with Gasteiger partial charge in [0.05, 0.1) is 33.2 Å². The molecule has 3 heterocycles. The van der Waals surface area contributed by atoms with Crippen LogP contribution in [0.25, 0.3) is 10.9 Å². The molecular weight excluding hydrogens is 338 g/mol. The SMILES string of the molecule is CSc1nc(C(C)c2cc3c(Cl)c[nH]c3cn2)nc(N)c1S. The van der Waals surface area contributed by atoms with Gasteiger partial charge in [-0.1, -0.05) is 11.6 Å². The Bertz CT molecular complexity index is 849. The van der Waals surface area contributed by atoms with Crippen LogP contribution in [0.15, 0.2) is 28.4 Å². The van der Waals surface area contributed by atoms with E-state index in [9.17, 15) is 0 Å². The Morgan fingerprint density at radius 3 is 2.91 bits per heavy atom. The fourth-order valence-electron chi connectivity index (χ4n) is 2.18. The first-order valence-corrected chi connectivity index (χ1v) is 8.59. The largest absolute Gasteiger partial charge is 0.383 e. The third-order valence-electron chi connectivity index (χ3n) is 3.46. The summed E-state index contributed by atoms with van der Waals surface area (Å²) in [4.78, 5) is 17.0. The number of nitrogen functional groups attached to an aromatic ring is 1. The quantitative estimate of drug-likeness (QED) is 0.380. The predicted octanol–water partition coefficient (Wildman–Crippen LogP) is 3.75. The van der Waals surface area contributed by atoms with Crippen molar-refractivity contribution in [3.8, 4) is 0 Å². The van der Waals surface area contributed by atoms with Crippen LogP contribution >= 0.6 is 36.0 Å². The van der Waals surface area contributed by atoms with E-state index in [1.54, 1.807) is 12.4 Å². The van der Waals surface area contributed by atoms with Crippen molar-refractivity contribution in [1.29, 1.82) is 0 Å². The van der Waals surface area contributed by atoms with E-state index < -0.39 is 0 Å². The maximum atomic E-state index is 6.17. The summed E-state index contributed by atoms with van der Waals surface area (Å²) in [6.07, 6.45) is 5.44. The minimum absolute atomic E-state index is 0.0995. The number of anilines is 1. The third kappa shape index (κ3) is 2.64. The summed E-state index contributed by atoms with van der Waals surface area (Å²) < 4.78 is 0. The average molecular weight is 352 g/mol. The van der Waals surface area contributed by atoms with Crippen LogP contribution in [0.5, 0.6) is 0 Å². The molecule has 0 saturated carbocycles. The number of aromatic amines is 1. The van der Waals surface area contributed by atoms with Crippen LogP contribution in [-0.2, 0) is 0 Å². The first kappa shape index (κ1) is 15.5. The normalized spacial score (nSPS) is 12.7. The number of aromatic nitrogens is 4. The molecule has 0 amide bonds. The number of H-pyrrole nitrogens is 1. The molecule has 0 aliphatic carbocycles. The van der Waals surface area contributed by atoms with E-state index in [0.717, 1.165) is 21.6 Å². The van der Waals surface area contributed by atoms with Gasteiger partial charge in [0.25, 0.3) is 0 Å². The van der Waals surface area contributed by atoms with Crippen molar-refractivity contribution in [3.63, 3.8) is 0 Å². The van der Waals surface area contributed by atoms with Crippen LogP contribution < -0.4 is 5.73 Å². The highest BCUT2D eigenvalue weighted by Gasteiger charge is 2.18. The van der Waals surface area contributed by atoms with Crippen LogP contribution in [0.3, 0.4) is 0 Å². The van der Waals surface area contributed by atoms with Crippen LogP contribution in [0.2, 0.25) is 5.02 Å². The van der Waals surface area contributed by atoms with Gasteiger partial charge < -0.3 is 10.7 Å². The lowest BCUT2D eigenvalue weighted by Crippen LogP contribution is -2.08. The molecule has 114 valence electrons. The number of nitrogens with zero attached hydrogens (tertiary/aromatic N) is 3. The van der Waals surface area contributed by atoms with Crippen molar-refractivity contribution in [3.05, 3.63) is 35.0 Å². The van der Waals surface area contributed by atoms with Crippen LogP contribution in [0.4, 0.5) is 5.82 Å². The number of rotatable bonds is 3. The van der Waals surface area contributed by atoms with Gasteiger partial charge in [-0.25, -0.2) is 9.97 Å². The Labute approximate surface area is 142 Å². The first-order valence-electron chi connectivity index (χ1n) is 6.54. The number of pyridine rings is 1. The second kappa shape index (κ2) is 5.98. The zero-order valence-electron chi connectivity index (χ0n) is 12.0. The Balaban J connectivity index is 2.06. The second-order valence-electron chi connectivity index (χ2n) is 4.84. The molecule has 0 fully saturated rings. The Morgan fingerprint density at radius 1 is 1.41 bits per heavy atom. The molecule has 0 saturated heterocycles. The molecule has 0 aromatic carbocycles. The first-order chi connectivity index (χ1) is 10.5. The van der Waals surface area contributed by atoms with Gasteiger partial charge in [-0.05, 0) is 19.2 Å². The third-order valence-corrected chi connectivity index (χ3v) is 5.04. The number of halogens is 1. The zero-order chi connectivity index (χ0) is 15.9. The van der Waals surface area contributed by atoms with Gasteiger partial charge >= 0.3 is 0 Å². The lowest BCUT2D eigenvalue weighted by Gasteiger charge is -2.13. The van der Waals surface area contributed by atoms with Gasteiger partial charge in [-0.3, -0.25) is 4.98 Å². The van der Waals surface area contributed by atoms with Crippen molar-refractivity contribution in [2.45, 2.75) is 22.8 Å². The number of thiol groups is 1. The Hall–Kier alpha value is -1.44. The van der Waals surface area contributed by atoms with Gasteiger partial charge in [0, 0.05) is 11.6 Å². The molecule has 3 N–H and O–H groups in total. The summed E-state index contributed by atoms with van der Waals surface area (Å²) in [6, 6.07) is 1.95. The number of nitrogens with two attached hydrogens (primary N) is 1. The standard InChI is InChI=1S/C14H14ClN5S2/c1-6(13-19-12(16)11(21)14(20-13)22-2)9-3-7-8(15)4-17-10(7)5-18-9/h3-6,17,21H,1-2H3,(H2,16,19,20). The van der Waals surface area contributed by atoms with Crippen molar-refractivity contribution in [1.82, 2.24) is 19.9 Å². The van der Waals surface area contributed by atoms with Gasteiger partial charge in [0.2, 0.25) is 0 Å². The molecule has 3 aromatic rings. The van der Waals surface area contributed by atoms with E-state index in [1.165, 1.54) is 11.8 Å². The molecule has 5 nitrogen and oxygen atoms in total. The molecule has 3 aromatic heterocycles. The predicted molar refractivity (Wildman–Crippen MR) is 94.1 cm³/mol. The molecule has 0 spiro atoms. The van der Waals surface area contributed by atoms with Crippen molar-refractivity contribution in [2.75, 3.05) is 12.0 Å². The highest BCUT2D eigenvalue weighted by atomic mass is 35.5. The van der Waals surface area contributed by atoms with Gasteiger partial charge in [0.1, 0.15) is 16.7 Å². The lowest BCUT2D eigenvalue weighted by atomic mass is 10.1. The molecule has 22 heavy (non-hydrogen) atoms. The van der Waals surface area contributed by atoms with Crippen molar-refractivity contribution < 1.29 is 0 Å². The van der Waals surface area contributed by atoms with E-state index >= 15 is 0 Å². The summed E-state index contributed by atoms with van der Waals surface area (Å²) >= 11 is 12.0. The molecule has 0 aliphatic heterocycles. The number of hydrogen-bond donors (Lipinski definition) is 3. The fraction of sp³-hybridized carbons (Fsp3) is 0.214. The number of hydrogen-bond acceptors (Lipinski definition) is 6. The molecule has 0 aliphatic rings. The van der Waals surface area contributed by atoms with Crippen molar-refractivity contribution >= 4 is 52.7 Å². The maximum absolute atomic E-state index is 6.17. The molecule has 8 heteroatoms. The zero-order valence-corrected chi connectivity index (χ0v) is 14.4. The molecule has 1 atom stereocenters. The highest BCUT2D eigenvalue weighted by Crippen LogP contribution is 2.31. The second-order valence-corrected chi connectivity index (χ2v) is 6.49. The van der Waals surface area contributed by atoms with Crippen molar-refractivity contribution in [2.24, 2.45) is 0 Å². The summed E-state index contributed by atoms with van der Waals surface area (Å²) in [7, 11) is 0. The molecule has 3 rings (SSSR count). The van der Waals surface area contributed by atoms with Crippen LogP contribution in [0.1, 0.15) is 24.4 Å². The van der Waals surface area contributed by atoms with E-state index in [-0.39, 0.29) is 5.92 Å². The Kier molecular flexibility index (Phi) is 4.20. The lowest BCUT2D eigenvalue weighted by molar-refractivity contribution is 0.756. The highest BCUT2D eigenvalue weighted by molar-refractivity contribution is 7.99. The van der Waals surface area contributed by atoms with E-state index in [0.29, 0.717) is 21.6 Å².